The van der Waals surface area contributed by atoms with Crippen LogP contribution in [-0.4, -0.2) is 59.0 Å². The van der Waals surface area contributed by atoms with Gasteiger partial charge in [0.2, 0.25) is 5.91 Å². The molecule has 1 aliphatic carbocycles. The molecular weight excluding hydrogens is 256 g/mol. The lowest BCUT2D eigenvalue weighted by atomic mass is 9.94. The summed E-state index contributed by atoms with van der Waals surface area (Å²) in [7, 11) is 0. The van der Waals surface area contributed by atoms with Gasteiger partial charge in [0.25, 0.3) is 0 Å². The van der Waals surface area contributed by atoms with Gasteiger partial charge in [-0.2, -0.15) is 0 Å². The van der Waals surface area contributed by atoms with Gasteiger partial charge in [0, 0.05) is 19.1 Å². The first-order valence-electron chi connectivity index (χ1n) is 7.82. The molecule has 1 rings (SSSR count). The van der Waals surface area contributed by atoms with E-state index in [-0.39, 0.29) is 12.3 Å². The molecule has 20 heavy (non-hydrogen) atoms. The van der Waals surface area contributed by atoms with Crippen LogP contribution in [0.25, 0.3) is 0 Å². The van der Waals surface area contributed by atoms with Crippen molar-refractivity contribution in [2.24, 2.45) is 0 Å². The van der Waals surface area contributed by atoms with Crippen LogP contribution in [-0.2, 0) is 9.59 Å². The van der Waals surface area contributed by atoms with E-state index in [4.69, 9.17) is 5.11 Å². The highest BCUT2D eigenvalue weighted by atomic mass is 16.4. The van der Waals surface area contributed by atoms with Crippen LogP contribution in [0.1, 0.15) is 52.4 Å². The largest absolute Gasteiger partial charge is 0.481 e. The van der Waals surface area contributed by atoms with Gasteiger partial charge in [0.15, 0.2) is 0 Å². The number of nitrogens with zero attached hydrogens (tertiary/aromatic N) is 2. The Morgan fingerprint density at radius 2 is 1.75 bits per heavy atom. The van der Waals surface area contributed by atoms with Crippen molar-refractivity contribution in [2.75, 3.05) is 26.2 Å². The van der Waals surface area contributed by atoms with Gasteiger partial charge in [-0.25, -0.2) is 0 Å². The maximum atomic E-state index is 12.4. The molecule has 1 fully saturated rings. The predicted octanol–water partition coefficient (Wildman–Crippen LogP) is 1.96. The molecule has 0 saturated heterocycles. The molecule has 0 unspecified atom stereocenters. The minimum absolute atomic E-state index is 0.0939. The van der Waals surface area contributed by atoms with E-state index in [9.17, 15) is 9.59 Å². The number of amides is 1. The first-order chi connectivity index (χ1) is 9.58. The zero-order chi connectivity index (χ0) is 15.0. The highest BCUT2D eigenvalue weighted by molar-refractivity contribution is 5.78. The Bertz CT molecular complexity index is 314. The number of rotatable bonds is 8. The van der Waals surface area contributed by atoms with Crippen LogP contribution < -0.4 is 0 Å². The number of hydrogen-bond acceptors (Lipinski definition) is 3. The average Bonchev–Trinajstić information content (AvgIpc) is 2.45. The van der Waals surface area contributed by atoms with E-state index >= 15 is 0 Å². The zero-order valence-electron chi connectivity index (χ0n) is 12.8. The fourth-order valence-corrected chi connectivity index (χ4v) is 2.92. The maximum Gasteiger partial charge on any atom is 0.304 e. The molecule has 0 aromatic heterocycles. The first-order valence-corrected chi connectivity index (χ1v) is 7.82. The van der Waals surface area contributed by atoms with Crippen molar-refractivity contribution in [2.45, 2.75) is 58.4 Å². The van der Waals surface area contributed by atoms with Gasteiger partial charge in [0.05, 0.1) is 13.0 Å². The fourth-order valence-electron chi connectivity index (χ4n) is 2.92. The average molecular weight is 284 g/mol. The van der Waals surface area contributed by atoms with Crippen LogP contribution in [0.3, 0.4) is 0 Å². The smallest absolute Gasteiger partial charge is 0.304 e. The summed E-state index contributed by atoms with van der Waals surface area (Å²) >= 11 is 0. The summed E-state index contributed by atoms with van der Waals surface area (Å²) in [5, 5.41) is 8.73. The monoisotopic (exact) mass is 284 g/mol. The Morgan fingerprint density at radius 1 is 1.10 bits per heavy atom. The maximum absolute atomic E-state index is 12.4. The minimum Gasteiger partial charge on any atom is -0.481 e. The second kappa shape index (κ2) is 8.95. The van der Waals surface area contributed by atoms with E-state index < -0.39 is 5.97 Å². The fraction of sp³-hybridized carbons (Fsp3) is 0.867. The van der Waals surface area contributed by atoms with E-state index in [2.05, 4.69) is 0 Å². The molecule has 5 nitrogen and oxygen atoms in total. The van der Waals surface area contributed by atoms with Gasteiger partial charge in [0.1, 0.15) is 0 Å². The number of carbonyl (C=O) groups excluding carboxylic acids is 1. The van der Waals surface area contributed by atoms with Crippen molar-refractivity contribution in [3.05, 3.63) is 0 Å². The Labute approximate surface area is 121 Å². The summed E-state index contributed by atoms with van der Waals surface area (Å²) in [6.07, 6.45) is 6.02. The molecule has 5 heteroatoms. The van der Waals surface area contributed by atoms with E-state index in [1.807, 2.05) is 23.6 Å². The molecule has 0 atom stereocenters. The summed E-state index contributed by atoms with van der Waals surface area (Å²) in [4.78, 5) is 27.0. The van der Waals surface area contributed by atoms with Crippen LogP contribution in [0.2, 0.25) is 0 Å². The second-order valence-corrected chi connectivity index (χ2v) is 5.48. The molecule has 1 aliphatic rings. The Balaban J connectivity index is 2.49. The highest BCUT2D eigenvalue weighted by Crippen LogP contribution is 2.22. The van der Waals surface area contributed by atoms with E-state index in [1.54, 1.807) is 0 Å². The van der Waals surface area contributed by atoms with Crippen molar-refractivity contribution in [3.8, 4) is 0 Å². The molecule has 0 spiro atoms. The van der Waals surface area contributed by atoms with Gasteiger partial charge >= 0.3 is 5.97 Å². The lowest BCUT2D eigenvalue weighted by Gasteiger charge is -2.35. The van der Waals surface area contributed by atoms with E-state index in [0.29, 0.717) is 25.7 Å². The Hall–Kier alpha value is -1.10. The Morgan fingerprint density at radius 3 is 2.25 bits per heavy atom. The van der Waals surface area contributed by atoms with Crippen LogP contribution in [0.5, 0.6) is 0 Å². The molecule has 1 saturated carbocycles. The molecule has 0 heterocycles. The number of likely N-dealkylation sites (N-methyl/N-ethyl adjacent to an activating group) is 2. The molecule has 0 aliphatic heterocycles. The van der Waals surface area contributed by atoms with Crippen molar-refractivity contribution in [1.82, 2.24) is 9.80 Å². The molecular formula is C15H28N2O3. The van der Waals surface area contributed by atoms with E-state index in [0.717, 1.165) is 19.4 Å². The number of hydrogen-bond donors (Lipinski definition) is 1. The summed E-state index contributed by atoms with van der Waals surface area (Å²) in [5.74, 6) is -0.665. The van der Waals surface area contributed by atoms with Gasteiger partial charge in [-0.05, 0) is 26.3 Å². The Kier molecular flexibility index (Phi) is 7.59. The molecule has 1 N–H and O–H groups in total. The third kappa shape index (κ3) is 5.49. The third-order valence-electron chi connectivity index (χ3n) is 4.12. The lowest BCUT2D eigenvalue weighted by molar-refractivity contribution is -0.139. The molecule has 0 bridgehead atoms. The molecule has 116 valence electrons. The quantitative estimate of drug-likeness (QED) is 0.740. The van der Waals surface area contributed by atoms with Gasteiger partial charge < -0.3 is 10.0 Å². The van der Waals surface area contributed by atoms with Crippen LogP contribution >= 0.6 is 0 Å². The summed E-state index contributed by atoms with van der Waals surface area (Å²) in [5.41, 5.74) is 0. The summed E-state index contributed by atoms with van der Waals surface area (Å²) in [6, 6.07) is 0.388. The third-order valence-corrected chi connectivity index (χ3v) is 4.12. The minimum atomic E-state index is -0.810. The molecule has 1 amide bonds. The zero-order valence-corrected chi connectivity index (χ0v) is 12.8. The topological polar surface area (TPSA) is 60.9 Å². The molecule has 0 radical (unpaired) electrons. The van der Waals surface area contributed by atoms with Crippen LogP contribution in [0, 0.1) is 0 Å². The van der Waals surface area contributed by atoms with Gasteiger partial charge in [-0.3, -0.25) is 14.5 Å². The van der Waals surface area contributed by atoms with Crippen molar-refractivity contribution in [3.63, 3.8) is 0 Å². The number of carboxylic acids is 1. The SMILES string of the molecule is CCN(CCC(=O)O)CC(=O)N(CC)C1CCCCC1. The summed E-state index contributed by atoms with van der Waals surface area (Å²) < 4.78 is 0. The summed E-state index contributed by atoms with van der Waals surface area (Å²) in [6.45, 7) is 6.24. The van der Waals surface area contributed by atoms with E-state index in [1.165, 1.54) is 19.3 Å². The molecule has 0 aromatic rings. The standard InChI is InChI=1S/C15H28N2O3/c1-3-16(11-10-15(19)20)12-14(18)17(4-2)13-8-6-5-7-9-13/h13H,3-12H2,1-2H3,(H,19,20). The van der Waals surface area contributed by atoms with Crippen molar-refractivity contribution in [1.29, 1.82) is 0 Å². The second-order valence-electron chi connectivity index (χ2n) is 5.48. The van der Waals surface area contributed by atoms with Crippen LogP contribution in [0.15, 0.2) is 0 Å². The first kappa shape index (κ1) is 17.0. The predicted molar refractivity (Wildman–Crippen MR) is 78.6 cm³/mol. The van der Waals surface area contributed by atoms with Gasteiger partial charge in [-0.1, -0.05) is 26.2 Å². The van der Waals surface area contributed by atoms with Crippen molar-refractivity contribution < 1.29 is 14.7 Å². The van der Waals surface area contributed by atoms with Crippen molar-refractivity contribution >= 4 is 11.9 Å². The number of carbonyl (C=O) groups is 2. The normalized spacial score (nSPS) is 16.4. The lowest BCUT2D eigenvalue weighted by Crippen LogP contribution is -2.46. The number of aliphatic carboxylic acids is 1. The highest BCUT2D eigenvalue weighted by Gasteiger charge is 2.25. The van der Waals surface area contributed by atoms with Crippen LogP contribution in [0.4, 0.5) is 0 Å². The molecule has 0 aromatic carbocycles. The van der Waals surface area contributed by atoms with Gasteiger partial charge in [-0.15, -0.1) is 0 Å². The number of carboxylic acid groups (broad SMARTS) is 1.